The largest absolute Gasteiger partial charge is 0.368 e. The Bertz CT molecular complexity index is 1100. The Morgan fingerprint density at radius 1 is 1.11 bits per heavy atom. The lowest BCUT2D eigenvalue weighted by atomic mass is 10.3. The van der Waals surface area contributed by atoms with E-state index in [4.69, 9.17) is 0 Å². The van der Waals surface area contributed by atoms with Gasteiger partial charge in [-0.3, -0.25) is 4.79 Å². The van der Waals surface area contributed by atoms with Gasteiger partial charge in [-0.25, -0.2) is 14.6 Å². The van der Waals surface area contributed by atoms with Crippen LogP contribution >= 0.6 is 0 Å². The molecule has 28 heavy (non-hydrogen) atoms. The molecule has 4 heterocycles. The van der Waals surface area contributed by atoms with Crippen LogP contribution in [-0.4, -0.2) is 43.1 Å². The van der Waals surface area contributed by atoms with Crippen LogP contribution in [0.1, 0.15) is 21.7 Å². The minimum atomic E-state index is -0.100. The molecule has 2 N–H and O–H groups in total. The molecule has 0 saturated heterocycles. The molecule has 0 fully saturated rings. The van der Waals surface area contributed by atoms with Crippen LogP contribution in [0.15, 0.2) is 55.1 Å². The summed E-state index contributed by atoms with van der Waals surface area (Å²) in [6.45, 7) is 4.95. The van der Waals surface area contributed by atoms with Crippen LogP contribution in [0.3, 0.4) is 0 Å². The number of aryl methyl sites for hydroxylation is 2. The maximum absolute atomic E-state index is 12.3. The SMILES string of the molecule is Cc1cc(C)n(-c2cc(NCCNC(=O)c3cc4ccccn4c3)ncn2)n1. The van der Waals surface area contributed by atoms with Crippen molar-refractivity contribution < 1.29 is 4.79 Å². The normalized spacial score (nSPS) is 10.9. The van der Waals surface area contributed by atoms with E-state index in [9.17, 15) is 4.79 Å². The number of anilines is 1. The van der Waals surface area contributed by atoms with E-state index in [1.807, 2.05) is 67.0 Å². The van der Waals surface area contributed by atoms with Gasteiger partial charge in [-0.1, -0.05) is 6.07 Å². The van der Waals surface area contributed by atoms with Crippen LogP contribution in [0.2, 0.25) is 0 Å². The molecular weight excluding hydrogens is 354 g/mol. The molecule has 142 valence electrons. The average molecular weight is 375 g/mol. The Morgan fingerprint density at radius 2 is 2.00 bits per heavy atom. The zero-order chi connectivity index (χ0) is 19.5. The van der Waals surface area contributed by atoms with Crippen LogP contribution in [0.4, 0.5) is 5.82 Å². The van der Waals surface area contributed by atoms with Crippen LogP contribution in [0.25, 0.3) is 11.3 Å². The fraction of sp³-hybridized carbons (Fsp3) is 0.200. The highest BCUT2D eigenvalue weighted by molar-refractivity contribution is 5.95. The molecule has 0 unspecified atom stereocenters. The summed E-state index contributed by atoms with van der Waals surface area (Å²) in [6.07, 6.45) is 5.24. The molecule has 0 saturated carbocycles. The van der Waals surface area contributed by atoms with Crippen LogP contribution in [0.5, 0.6) is 0 Å². The lowest BCUT2D eigenvalue weighted by molar-refractivity contribution is 0.0955. The highest BCUT2D eigenvalue weighted by atomic mass is 16.1. The van der Waals surface area contributed by atoms with Crippen molar-refractivity contribution in [2.24, 2.45) is 0 Å². The third-order valence-electron chi connectivity index (χ3n) is 4.36. The second-order valence-electron chi connectivity index (χ2n) is 6.54. The molecule has 0 spiro atoms. The van der Waals surface area contributed by atoms with Gasteiger partial charge in [0.25, 0.3) is 5.91 Å². The number of nitrogens with one attached hydrogen (secondary N) is 2. The summed E-state index contributed by atoms with van der Waals surface area (Å²) in [5.41, 5.74) is 3.57. The lowest BCUT2D eigenvalue weighted by Crippen LogP contribution is -2.28. The Labute approximate surface area is 162 Å². The van der Waals surface area contributed by atoms with Crippen molar-refractivity contribution in [2.45, 2.75) is 13.8 Å². The van der Waals surface area contributed by atoms with Crippen molar-refractivity contribution in [2.75, 3.05) is 18.4 Å². The zero-order valence-electron chi connectivity index (χ0n) is 15.8. The summed E-state index contributed by atoms with van der Waals surface area (Å²) < 4.78 is 3.70. The van der Waals surface area contributed by atoms with E-state index in [0.29, 0.717) is 30.3 Å². The van der Waals surface area contributed by atoms with Gasteiger partial charge < -0.3 is 15.0 Å². The van der Waals surface area contributed by atoms with Gasteiger partial charge in [-0.05, 0) is 38.1 Å². The number of aromatic nitrogens is 5. The highest BCUT2D eigenvalue weighted by Gasteiger charge is 2.09. The van der Waals surface area contributed by atoms with Crippen molar-refractivity contribution in [3.05, 3.63) is 72.1 Å². The lowest BCUT2D eigenvalue weighted by Gasteiger charge is -2.08. The summed E-state index contributed by atoms with van der Waals surface area (Å²) in [4.78, 5) is 20.8. The first kappa shape index (κ1) is 17.7. The third kappa shape index (κ3) is 3.71. The van der Waals surface area contributed by atoms with Crippen LogP contribution in [0, 0.1) is 13.8 Å². The van der Waals surface area contributed by atoms with E-state index < -0.39 is 0 Å². The molecule has 0 atom stereocenters. The van der Waals surface area contributed by atoms with Crippen molar-refractivity contribution in [3.8, 4) is 5.82 Å². The number of nitrogens with zero attached hydrogens (tertiary/aromatic N) is 5. The van der Waals surface area contributed by atoms with E-state index in [1.54, 1.807) is 4.68 Å². The zero-order valence-corrected chi connectivity index (χ0v) is 15.8. The van der Waals surface area contributed by atoms with Crippen molar-refractivity contribution >= 4 is 17.2 Å². The number of rotatable bonds is 6. The van der Waals surface area contributed by atoms with Gasteiger partial charge in [0.1, 0.15) is 12.1 Å². The van der Waals surface area contributed by atoms with E-state index >= 15 is 0 Å². The Balaban J connectivity index is 1.33. The molecule has 0 bridgehead atoms. The number of amides is 1. The number of carbonyl (C=O) groups excluding carboxylic acids is 1. The Morgan fingerprint density at radius 3 is 2.79 bits per heavy atom. The molecular formula is C20H21N7O. The summed E-state index contributed by atoms with van der Waals surface area (Å²) in [7, 11) is 0. The topological polar surface area (TPSA) is 89.1 Å². The summed E-state index contributed by atoms with van der Waals surface area (Å²) in [5.74, 6) is 1.28. The summed E-state index contributed by atoms with van der Waals surface area (Å²) in [6, 6.07) is 11.5. The highest BCUT2D eigenvalue weighted by Crippen LogP contribution is 2.12. The van der Waals surface area contributed by atoms with Gasteiger partial charge in [-0.2, -0.15) is 5.10 Å². The predicted molar refractivity (Wildman–Crippen MR) is 107 cm³/mol. The van der Waals surface area contributed by atoms with E-state index in [1.165, 1.54) is 6.33 Å². The number of fused-ring (bicyclic) bond motifs is 1. The first-order valence-electron chi connectivity index (χ1n) is 9.05. The molecule has 0 aliphatic carbocycles. The minimum absolute atomic E-state index is 0.100. The predicted octanol–water partition coefficient (Wildman–Crippen LogP) is 2.37. The fourth-order valence-electron chi connectivity index (χ4n) is 3.07. The number of pyridine rings is 1. The smallest absolute Gasteiger partial charge is 0.252 e. The quantitative estimate of drug-likeness (QED) is 0.505. The molecule has 1 amide bonds. The standard InChI is InChI=1S/C20H21N7O/c1-14-9-15(2)27(25-14)19-11-18(23-13-24-19)21-6-7-22-20(28)16-10-17-5-3-4-8-26(17)12-16/h3-5,8-13H,6-7H2,1-2H3,(H,22,28)(H,21,23,24). The molecule has 4 aromatic rings. The molecule has 8 heteroatoms. The number of carbonyl (C=O) groups is 1. The van der Waals surface area contributed by atoms with Gasteiger partial charge in [-0.15, -0.1) is 0 Å². The maximum Gasteiger partial charge on any atom is 0.252 e. The van der Waals surface area contributed by atoms with Gasteiger partial charge in [0.2, 0.25) is 0 Å². The summed E-state index contributed by atoms with van der Waals surface area (Å²) in [5, 5.41) is 10.5. The number of hydrogen-bond donors (Lipinski definition) is 2. The number of hydrogen-bond acceptors (Lipinski definition) is 5. The van der Waals surface area contributed by atoms with E-state index in [0.717, 1.165) is 16.9 Å². The van der Waals surface area contributed by atoms with E-state index in [-0.39, 0.29) is 5.91 Å². The van der Waals surface area contributed by atoms with E-state index in [2.05, 4.69) is 25.7 Å². The first-order valence-corrected chi connectivity index (χ1v) is 9.05. The molecule has 0 aliphatic rings. The monoisotopic (exact) mass is 375 g/mol. The fourth-order valence-corrected chi connectivity index (χ4v) is 3.07. The van der Waals surface area contributed by atoms with Crippen molar-refractivity contribution in [3.63, 3.8) is 0 Å². The van der Waals surface area contributed by atoms with Gasteiger partial charge in [0.05, 0.1) is 11.3 Å². The molecule has 4 rings (SSSR count). The first-order chi connectivity index (χ1) is 13.6. The second kappa shape index (κ2) is 7.51. The molecule has 0 radical (unpaired) electrons. The van der Waals surface area contributed by atoms with Crippen molar-refractivity contribution in [1.82, 2.24) is 29.5 Å². The van der Waals surface area contributed by atoms with Crippen molar-refractivity contribution in [1.29, 1.82) is 0 Å². The minimum Gasteiger partial charge on any atom is -0.368 e. The molecule has 0 aromatic carbocycles. The van der Waals surface area contributed by atoms with Crippen LogP contribution in [-0.2, 0) is 0 Å². The maximum atomic E-state index is 12.3. The second-order valence-corrected chi connectivity index (χ2v) is 6.54. The van der Waals surface area contributed by atoms with Crippen LogP contribution < -0.4 is 10.6 Å². The molecule has 8 nitrogen and oxygen atoms in total. The third-order valence-corrected chi connectivity index (χ3v) is 4.36. The summed E-state index contributed by atoms with van der Waals surface area (Å²) >= 11 is 0. The van der Waals surface area contributed by atoms with Gasteiger partial charge in [0, 0.05) is 42.8 Å². The van der Waals surface area contributed by atoms with Gasteiger partial charge in [0.15, 0.2) is 5.82 Å². The molecule has 4 aromatic heterocycles. The Hall–Kier alpha value is -3.68. The molecule has 0 aliphatic heterocycles. The Kier molecular flexibility index (Phi) is 4.76. The average Bonchev–Trinajstić information content (AvgIpc) is 3.28. The van der Waals surface area contributed by atoms with Gasteiger partial charge >= 0.3 is 0 Å².